The van der Waals surface area contributed by atoms with Crippen LogP contribution in [0.5, 0.6) is 0 Å². The minimum Gasteiger partial charge on any atom is -0.340 e. The monoisotopic (exact) mass is 497 g/mol. The van der Waals surface area contributed by atoms with Crippen molar-refractivity contribution < 1.29 is 9.18 Å². The molecule has 0 atom stereocenters. The summed E-state index contributed by atoms with van der Waals surface area (Å²) in [4.78, 5) is 20.7. The van der Waals surface area contributed by atoms with Crippen LogP contribution in [-0.4, -0.2) is 27.1 Å². The number of carbonyl (C=O) groups is 1. The van der Waals surface area contributed by atoms with Gasteiger partial charge in [0.1, 0.15) is 5.82 Å². The van der Waals surface area contributed by atoms with E-state index in [2.05, 4.69) is 23.6 Å². The largest absolute Gasteiger partial charge is 0.340 e. The van der Waals surface area contributed by atoms with Crippen LogP contribution >= 0.6 is 11.8 Å². The van der Waals surface area contributed by atoms with Gasteiger partial charge in [0.2, 0.25) is 0 Å². The molecule has 1 saturated heterocycles. The summed E-state index contributed by atoms with van der Waals surface area (Å²) in [7, 11) is 0. The van der Waals surface area contributed by atoms with Gasteiger partial charge >= 0.3 is 0 Å². The number of rotatable bonds is 5. The molecule has 0 radical (unpaired) electrons. The highest BCUT2D eigenvalue weighted by Crippen LogP contribution is 2.37. The van der Waals surface area contributed by atoms with Crippen LogP contribution in [0.1, 0.15) is 34.9 Å². The van der Waals surface area contributed by atoms with Crippen molar-refractivity contribution in [3.8, 4) is 0 Å². The number of carbonyl (C=O) groups excluding carboxylic acids is 1. The molecule has 3 aromatic carbocycles. The third-order valence-corrected chi connectivity index (χ3v) is 7.64. The highest BCUT2D eigenvalue weighted by molar-refractivity contribution is 8.18. The number of nitrogens with zero attached hydrogens (tertiary/aromatic N) is 3. The molecule has 0 saturated carbocycles. The normalized spacial score (nSPS) is 16.1. The van der Waals surface area contributed by atoms with Crippen molar-refractivity contribution in [2.75, 3.05) is 6.54 Å². The Morgan fingerprint density at radius 3 is 2.42 bits per heavy atom. The molecule has 1 aliphatic heterocycles. The number of aryl methyl sites for hydroxylation is 2. The van der Waals surface area contributed by atoms with Crippen molar-refractivity contribution in [1.82, 2.24) is 9.47 Å². The van der Waals surface area contributed by atoms with E-state index in [9.17, 15) is 9.18 Å². The van der Waals surface area contributed by atoms with Crippen LogP contribution in [0.25, 0.3) is 17.0 Å². The summed E-state index contributed by atoms with van der Waals surface area (Å²) in [6, 6.07) is 20.9. The van der Waals surface area contributed by atoms with E-state index in [1.54, 1.807) is 17.0 Å². The standard InChI is InChI=1S/C30H28FN3OS/c1-5-33-29(35)27(36-30(33)32-28-19(2)10-8-11-20(28)3)17-25-21(4)34(26-15-7-6-14-24(25)26)18-22-12-9-13-23(31)16-22/h6-17H,5,18H2,1-4H3/b27-17+,32-30?. The van der Waals surface area contributed by atoms with E-state index >= 15 is 0 Å². The second-order valence-electron chi connectivity index (χ2n) is 9.03. The molecule has 1 aliphatic rings. The smallest absolute Gasteiger partial charge is 0.266 e. The second-order valence-corrected chi connectivity index (χ2v) is 10.0. The van der Waals surface area contributed by atoms with Gasteiger partial charge in [0.15, 0.2) is 5.17 Å². The summed E-state index contributed by atoms with van der Waals surface area (Å²) < 4.78 is 16.0. The number of fused-ring (bicyclic) bond motifs is 1. The Kier molecular flexibility index (Phi) is 6.54. The van der Waals surface area contributed by atoms with E-state index in [1.807, 2.05) is 63.2 Å². The van der Waals surface area contributed by atoms with Gasteiger partial charge in [-0.25, -0.2) is 9.38 Å². The third-order valence-electron chi connectivity index (χ3n) is 6.64. The Labute approximate surface area is 215 Å². The molecule has 2 heterocycles. The lowest BCUT2D eigenvalue weighted by molar-refractivity contribution is -0.122. The summed E-state index contributed by atoms with van der Waals surface area (Å²) in [6.07, 6.45) is 1.99. The molecule has 4 nitrogen and oxygen atoms in total. The van der Waals surface area contributed by atoms with Crippen molar-refractivity contribution in [3.63, 3.8) is 0 Å². The molecular weight excluding hydrogens is 469 g/mol. The van der Waals surface area contributed by atoms with Crippen molar-refractivity contribution >= 4 is 45.5 Å². The number of amides is 1. The molecule has 1 fully saturated rings. The Bertz CT molecular complexity index is 1530. The van der Waals surface area contributed by atoms with Gasteiger partial charge in [-0.05, 0) is 80.4 Å². The van der Waals surface area contributed by atoms with E-state index in [0.29, 0.717) is 23.2 Å². The first-order valence-corrected chi connectivity index (χ1v) is 12.9. The van der Waals surface area contributed by atoms with E-state index < -0.39 is 0 Å². The SMILES string of the molecule is CCN1C(=O)/C(=C\c2c(C)n(Cc3cccc(F)c3)c3ccccc23)SC1=Nc1c(C)cccc1C. The first kappa shape index (κ1) is 24.1. The molecule has 6 heteroatoms. The van der Waals surface area contributed by atoms with Gasteiger partial charge in [0.05, 0.1) is 10.6 Å². The topological polar surface area (TPSA) is 37.6 Å². The lowest BCUT2D eigenvalue weighted by Crippen LogP contribution is -2.28. The van der Waals surface area contributed by atoms with Crippen LogP contribution in [0.15, 0.2) is 76.6 Å². The lowest BCUT2D eigenvalue weighted by Gasteiger charge is -2.13. The number of halogens is 1. The average Bonchev–Trinajstić information content (AvgIpc) is 3.30. The molecule has 36 heavy (non-hydrogen) atoms. The van der Waals surface area contributed by atoms with Gasteiger partial charge in [0, 0.05) is 35.2 Å². The molecule has 0 unspecified atom stereocenters. The van der Waals surface area contributed by atoms with Crippen molar-refractivity contribution in [2.24, 2.45) is 4.99 Å². The molecule has 4 aromatic rings. The number of likely N-dealkylation sites (N-methyl/N-ethyl adjacent to an activating group) is 1. The van der Waals surface area contributed by atoms with Crippen LogP contribution in [0, 0.1) is 26.6 Å². The predicted molar refractivity (Wildman–Crippen MR) is 148 cm³/mol. The Balaban J connectivity index is 1.58. The van der Waals surface area contributed by atoms with Crippen LogP contribution in [-0.2, 0) is 11.3 Å². The molecule has 0 N–H and O–H groups in total. The summed E-state index contributed by atoms with van der Waals surface area (Å²) >= 11 is 1.42. The van der Waals surface area contributed by atoms with E-state index in [1.165, 1.54) is 17.8 Å². The zero-order valence-corrected chi connectivity index (χ0v) is 21.7. The lowest BCUT2D eigenvalue weighted by atomic mass is 10.1. The molecule has 0 spiro atoms. The van der Waals surface area contributed by atoms with Crippen molar-refractivity contribution in [2.45, 2.75) is 34.2 Å². The molecule has 0 bridgehead atoms. The highest BCUT2D eigenvalue weighted by atomic mass is 32.2. The highest BCUT2D eigenvalue weighted by Gasteiger charge is 2.33. The Hall–Kier alpha value is -3.64. The number of para-hydroxylation sites is 2. The average molecular weight is 498 g/mol. The summed E-state index contributed by atoms with van der Waals surface area (Å²) in [5.74, 6) is -0.277. The first-order chi connectivity index (χ1) is 17.4. The van der Waals surface area contributed by atoms with Crippen LogP contribution < -0.4 is 0 Å². The van der Waals surface area contributed by atoms with Crippen LogP contribution in [0.2, 0.25) is 0 Å². The summed E-state index contributed by atoms with van der Waals surface area (Å²) in [5.41, 5.74) is 7.06. The van der Waals surface area contributed by atoms with Crippen LogP contribution in [0.4, 0.5) is 10.1 Å². The molecular formula is C30H28FN3OS. The predicted octanol–water partition coefficient (Wildman–Crippen LogP) is 7.38. The second kappa shape index (κ2) is 9.78. The Morgan fingerprint density at radius 2 is 1.69 bits per heavy atom. The summed E-state index contributed by atoms with van der Waals surface area (Å²) in [5, 5.41) is 1.77. The number of amidine groups is 1. The van der Waals surface area contributed by atoms with E-state index in [0.717, 1.165) is 44.5 Å². The van der Waals surface area contributed by atoms with Gasteiger partial charge < -0.3 is 4.57 Å². The molecule has 182 valence electrons. The molecule has 0 aliphatic carbocycles. The van der Waals surface area contributed by atoms with Crippen molar-refractivity contribution in [3.05, 3.63) is 105 Å². The molecule has 1 amide bonds. The minimum atomic E-state index is -0.243. The minimum absolute atomic E-state index is 0.0335. The number of thioether (sulfide) groups is 1. The fraction of sp³-hybridized carbons (Fsp3) is 0.200. The summed E-state index contributed by atoms with van der Waals surface area (Å²) in [6.45, 7) is 9.20. The molecule has 1 aromatic heterocycles. The van der Waals surface area contributed by atoms with Gasteiger partial charge in [0.25, 0.3) is 5.91 Å². The third kappa shape index (κ3) is 4.37. The zero-order chi connectivity index (χ0) is 25.4. The quantitative estimate of drug-likeness (QED) is 0.270. The van der Waals surface area contributed by atoms with E-state index in [4.69, 9.17) is 4.99 Å². The maximum Gasteiger partial charge on any atom is 0.266 e. The zero-order valence-electron chi connectivity index (χ0n) is 20.9. The van der Waals surface area contributed by atoms with Gasteiger partial charge in [-0.15, -0.1) is 0 Å². The number of aromatic nitrogens is 1. The first-order valence-electron chi connectivity index (χ1n) is 12.1. The number of aliphatic imine (C=N–C) groups is 1. The fourth-order valence-corrected chi connectivity index (χ4v) is 5.77. The number of benzene rings is 3. The molecule has 5 rings (SSSR count). The van der Waals surface area contributed by atoms with Crippen molar-refractivity contribution in [1.29, 1.82) is 0 Å². The Morgan fingerprint density at radius 1 is 0.972 bits per heavy atom. The van der Waals surface area contributed by atoms with Gasteiger partial charge in [-0.2, -0.15) is 0 Å². The van der Waals surface area contributed by atoms with Gasteiger partial charge in [-0.1, -0.05) is 48.5 Å². The number of hydrogen-bond acceptors (Lipinski definition) is 3. The van der Waals surface area contributed by atoms with E-state index in [-0.39, 0.29) is 11.7 Å². The maximum absolute atomic E-state index is 13.8. The van der Waals surface area contributed by atoms with Gasteiger partial charge in [-0.3, -0.25) is 9.69 Å². The van der Waals surface area contributed by atoms with Crippen LogP contribution in [0.3, 0.4) is 0 Å². The number of hydrogen-bond donors (Lipinski definition) is 0. The maximum atomic E-state index is 13.8. The fourth-order valence-electron chi connectivity index (χ4n) is 4.74.